The molecule has 120 valence electrons. The highest BCUT2D eigenvalue weighted by Gasteiger charge is 2.33. The number of morpholine rings is 1. The van der Waals surface area contributed by atoms with Crippen LogP contribution in [0.4, 0.5) is 0 Å². The third kappa shape index (κ3) is 3.85. The van der Waals surface area contributed by atoms with Crippen LogP contribution in [0.2, 0.25) is 0 Å². The predicted octanol–water partition coefficient (Wildman–Crippen LogP) is 1.31. The fourth-order valence-corrected chi connectivity index (χ4v) is 4.08. The van der Waals surface area contributed by atoms with Crippen molar-refractivity contribution in [2.24, 2.45) is 0 Å². The van der Waals surface area contributed by atoms with Crippen molar-refractivity contribution in [1.82, 2.24) is 14.6 Å². The first-order chi connectivity index (χ1) is 9.95. The molecule has 0 amide bonds. The number of rotatable bonds is 6. The highest BCUT2D eigenvalue weighted by molar-refractivity contribution is 7.89. The van der Waals surface area contributed by atoms with E-state index in [1.807, 2.05) is 6.92 Å². The second-order valence-corrected chi connectivity index (χ2v) is 7.54. The summed E-state index contributed by atoms with van der Waals surface area (Å²) in [5.41, 5.74) is 0.878. The Morgan fingerprint density at radius 2 is 2.29 bits per heavy atom. The first kappa shape index (κ1) is 16.5. The molecule has 0 spiro atoms. The van der Waals surface area contributed by atoms with Gasteiger partial charge in [0.25, 0.3) is 0 Å². The normalized spacial score (nSPS) is 21.0. The highest BCUT2D eigenvalue weighted by atomic mass is 32.2. The summed E-state index contributed by atoms with van der Waals surface area (Å²) in [7, 11) is -3.45. The second-order valence-electron chi connectivity index (χ2n) is 5.65. The summed E-state index contributed by atoms with van der Waals surface area (Å²) in [6.45, 7) is 8.08. The van der Waals surface area contributed by atoms with Crippen molar-refractivity contribution in [3.05, 3.63) is 18.0 Å². The van der Waals surface area contributed by atoms with Crippen LogP contribution in [0.25, 0.3) is 0 Å². The Labute approximate surface area is 126 Å². The molecule has 1 saturated heterocycles. The van der Waals surface area contributed by atoms with Gasteiger partial charge in [-0.05, 0) is 12.5 Å². The lowest BCUT2D eigenvalue weighted by molar-refractivity contribution is 0.0314. The van der Waals surface area contributed by atoms with Crippen molar-refractivity contribution in [2.45, 2.75) is 50.7 Å². The summed E-state index contributed by atoms with van der Waals surface area (Å²) in [5, 5.41) is 3.27. The SMILES string of the molecule is CCC1COCCN1S(=O)(=O)c1c[nH]c(CNC(C)C)c1. The second kappa shape index (κ2) is 6.91. The zero-order valence-electron chi connectivity index (χ0n) is 12.9. The maximum Gasteiger partial charge on any atom is 0.244 e. The van der Waals surface area contributed by atoms with Crippen LogP contribution < -0.4 is 5.32 Å². The van der Waals surface area contributed by atoms with E-state index in [1.165, 1.54) is 0 Å². The monoisotopic (exact) mass is 315 g/mol. The van der Waals surface area contributed by atoms with Gasteiger partial charge in [-0.3, -0.25) is 0 Å². The molecule has 1 aromatic rings. The van der Waals surface area contributed by atoms with Gasteiger partial charge >= 0.3 is 0 Å². The van der Waals surface area contributed by atoms with Crippen molar-refractivity contribution < 1.29 is 13.2 Å². The van der Waals surface area contributed by atoms with Crippen LogP contribution in [-0.4, -0.2) is 49.5 Å². The van der Waals surface area contributed by atoms with Gasteiger partial charge in [-0.15, -0.1) is 0 Å². The lowest BCUT2D eigenvalue weighted by atomic mass is 10.2. The Kier molecular flexibility index (Phi) is 5.43. The summed E-state index contributed by atoms with van der Waals surface area (Å²) in [4.78, 5) is 3.38. The van der Waals surface area contributed by atoms with Crippen molar-refractivity contribution >= 4 is 10.0 Å². The Morgan fingerprint density at radius 1 is 1.52 bits per heavy atom. The minimum absolute atomic E-state index is 0.0733. The summed E-state index contributed by atoms with van der Waals surface area (Å²) in [6.07, 6.45) is 2.33. The van der Waals surface area contributed by atoms with Crippen LogP contribution in [0.5, 0.6) is 0 Å². The quantitative estimate of drug-likeness (QED) is 0.830. The highest BCUT2D eigenvalue weighted by Crippen LogP contribution is 2.22. The number of hydrogen-bond acceptors (Lipinski definition) is 4. The topological polar surface area (TPSA) is 74.4 Å². The minimum Gasteiger partial charge on any atom is -0.378 e. The molecule has 0 aliphatic carbocycles. The third-order valence-electron chi connectivity index (χ3n) is 3.67. The third-order valence-corrected chi connectivity index (χ3v) is 5.60. The van der Waals surface area contributed by atoms with Gasteiger partial charge < -0.3 is 15.0 Å². The summed E-state index contributed by atoms with van der Waals surface area (Å²) < 4.78 is 32.4. The molecular formula is C14H25N3O3S. The summed E-state index contributed by atoms with van der Waals surface area (Å²) in [5.74, 6) is 0. The van der Waals surface area contributed by atoms with E-state index in [0.29, 0.717) is 37.2 Å². The smallest absolute Gasteiger partial charge is 0.244 e. The molecule has 0 radical (unpaired) electrons. The van der Waals surface area contributed by atoms with E-state index in [1.54, 1.807) is 16.6 Å². The number of sulfonamides is 1. The number of aromatic amines is 1. The summed E-state index contributed by atoms with van der Waals surface area (Å²) >= 11 is 0. The van der Waals surface area contributed by atoms with Gasteiger partial charge in [0.05, 0.1) is 18.1 Å². The first-order valence-corrected chi connectivity index (χ1v) is 8.89. The van der Waals surface area contributed by atoms with Crippen LogP contribution in [0, 0.1) is 0 Å². The van der Waals surface area contributed by atoms with E-state index >= 15 is 0 Å². The maximum absolute atomic E-state index is 12.7. The largest absolute Gasteiger partial charge is 0.378 e. The molecule has 0 saturated carbocycles. The van der Waals surface area contributed by atoms with E-state index in [9.17, 15) is 8.42 Å². The molecular weight excluding hydrogens is 290 g/mol. The zero-order valence-corrected chi connectivity index (χ0v) is 13.7. The van der Waals surface area contributed by atoms with Crippen molar-refractivity contribution in [1.29, 1.82) is 0 Å². The fourth-order valence-electron chi connectivity index (χ4n) is 2.40. The lowest BCUT2D eigenvalue weighted by Crippen LogP contribution is -2.48. The number of hydrogen-bond donors (Lipinski definition) is 2. The predicted molar refractivity (Wildman–Crippen MR) is 81.6 cm³/mol. The molecule has 1 aromatic heterocycles. The number of nitrogens with one attached hydrogen (secondary N) is 2. The molecule has 21 heavy (non-hydrogen) atoms. The Hall–Kier alpha value is -0.890. The zero-order chi connectivity index (χ0) is 15.5. The van der Waals surface area contributed by atoms with Crippen LogP contribution in [0.3, 0.4) is 0 Å². The van der Waals surface area contributed by atoms with E-state index in [-0.39, 0.29) is 6.04 Å². The number of nitrogens with zero attached hydrogens (tertiary/aromatic N) is 1. The molecule has 2 N–H and O–H groups in total. The van der Waals surface area contributed by atoms with Gasteiger partial charge in [0.2, 0.25) is 10.0 Å². The molecule has 1 aliphatic rings. The molecule has 2 heterocycles. The van der Waals surface area contributed by atoms with Gasteiger partial charge in [0.1, 0.15) is 0 Å². The standard InChI is InChI=1S/C14H25N3O3S/c1-4-13-10-20-6-5-17(13)21(18,19)14-7-12(16-9-14)8-15-11(2)3/h7,9,11,13,15-16H,4-6,8,10H2,1-3H3. The molecule has 1 unspecified atom stereocenters. The van der Waals surface area contributed by atoms with Crippen LogP contribution in [0.1, 0.15) is 32.9 Å². The van der Waals surface area contributed by atoms with Crippen molar-refractivity contribution in [3.8, 4) is 0 Å². The molecule has 2 rings (SSSR count). The molecule has 0 aromatic carbocycles. The molecule has 1 fully saturated rings. The van der Waals surface area contributed by atoms with Crippen molar-refractivity contribution in [2.75, 3.05) is 19.8 Å². The van der Waals surface area contributed by atoms with Gasteiger partial charge in [-0.1, -0.05) is 20.8 Å². The first-order valence-electron chi connectivity index (χ1n) is 7.45. The molecule has 0 bridgehead atoms. The van der Waals surface area contributed by atoms with Crippen LogP contribution in [-0.2, 0) is 21.3 Å². The van der Waals surface area contributed by atoms with Crippen LogP contribution >= 0.6 is 0 Å². The molecule has 1 aliphatic heterocycles. The Morgan fingerprint density at radius 3 is 2.95 bits per heavy atom. The molecule has 7 heteroatoms. The molecule has 6 nitrogen and oxygen atoms in total. The van der Waals surface area contributed by atoms with E-state index in [4.69, 9.17) is 4.74 Å². The van der Waals surface area contributed by atoms with Gasteiger partial charge in [-0.25, -0.2) is 8.42 Å². The Balaban J connectivity index is 2.15. The minimum atomic E-state index is -3.45. The maximum atomic E-state index is 12.7. The van der Waals surface area contributed by atoms with Gasteiger partial charge in [0.15, 0.2) is 0 Å². The number of H-pyrrole nitrogens is 1. The van der Waals surface area contributed by atoms with E-state index in [2.05, 4.69) is 24.1 Å². The van der Waals surface area contributed by atoms with Gasteiger partial charge in [-0.2, -0.15) is 4.31 Å². The molecule has 1 atom stereocenters. The van der Waals surface area contributed by atoms with E-state index < -0.39 is 10.0 Å². The number of ether oxygens (including phenoxy) is 1. The summed E-state index contributed by atoms with van der Waals surface area (Å²) in [6, 6.07) is 2.00. The average molecular weight is 315 g/mol. The fraction of sp³-hybridized carbons (Fsp3) is 0.714. The average Bonchev–Trinajstić information content (AvgIpc) is 2.94. The van der Waals surface area contributed by atoms with Crippen molar-refractivity contribution in [3.63, 3.8) is 0 Å². The van der Waals surface area contributed by atoms with Gasteiger partial charge in [0, 0.05) is 37.1 Å². The Bertz CT molecular complexity index is 554. The number of aromatic nitrogens is 1. The lowest BCUT2D eigenvalue weighted by Gasteiger charge is -2.33. The van der Waals surface area contributed by atoms with Crippen LogP contribution in [0.15, 0.2) is 17.2 Å². The van der Waals surface area contributed by atoms with E-state index in [0.717, 1.165) is 12.1 Å².